The van der Waals surface area contributed by atoms with Crippen LogP contribution in [0, 0.1) is 36.2 Å². The van der Waals surface area contributed by atoms with Crippen molar-refractivity contribution in [3.05, 3.63) is 222 Å². The van der Waals surface area contributed by atoms with Gasteiger partial charge in [-0.2, -0.15) is 23.7 Å². The highest BCUT2D eigenvalue weighted by atomic mass is 19.4. The van der Waals surface area contributed by atoms with Gasteiger partial charge < -0.3 is 9.13 Å². The van der Waals surface area contributed by atoms with Gasteiger partial charge in [0.15, 0.2) is 5.69 Å². The Hall–Kier alpha value is -9.16. The molecule has 67 heavy (non-hydrogen) atoms. The molecule has 0 aliphatic heterocycles. The Balaban J connectivity index is 1.22. The summed E-state index contributed by atoms with van der Waals surface area (Å²) in [5.41, 5.74) is 12.3. The summed E-state index contributed by atoms with van der Waals surface area (Å²) in [4.78, 5) is 3.79. The third-order valence-electron chi connectivity index (χ3n) is 12.7. The van der Waals surface area contributed by atoms with Crippen LogP contribution in [0.2, 0.25) is 0 Å². The fourth-order valence-corrected chi connectivity index (χ4v) is 9.70. The summed E-state index contributed by atoms with van der Waals surface area (Å²) in [7, 11) is 0. The van der Waals surface area contributed by atoms with Gasteiger partial charge in [-0.15, -0.1) is 0 Å². The lowest BCUT2D eigenvalue weighted by Crippen LogP contribution is -2.05. The fourth-order valence-electron chi connectivity index (χ4n) is 9.70. The van der Waals surface area contributed by atoms with E-state index < -0.39 is 11.7 Å². The topological polar surface area (TPSA) is 61.8 Å². The van der Waals surface area contributed by atoms with Crippen LogP contribution in [-0.2, 0) is 6.18 Å². The summed E-state index contributed by atoms with van der Waals surface area (Å²) < 4.78 is 47.4. The smallest absolute Gasteiger partial charge is 0.309 e. The van der Waals surface area contributed by atoms with Crippen molar-refractivity contribution in [2.24, 2.45) is 0 Å². The number of hydrogen-bond acceptors (Lipinski definition) is 2. The Kier molecular flexibility index (Phi) is 9.59. The van der Waals surface area contributed by atoms with Gasteiger partial charge in [-0.05, 0) is 119 Å². The van der Waals surface area contributed by atoms with Crippen molar-refractivity contribution in [2.75, 3.05) is 0 Å². The third-order valence-corrected chi connectivity index (χ3v) is 12.7. The highest BCUT2D eigenvalue weighted by Gasteiger charge is 2.31. The number of aryl methyl sites for hydroxylation is 1. The minimum atomic E-state index is -4.54. The van der Waals surface area contributed by atoms with Crippen molar-refractivity contribution in [3.63, 3.8) is 0 Å². The summed E-state index contributed by atoms with van der Waals surface area (Å²) in [5, 5.41) is 24.3. The van der Waals surface area contributed by atoms with Crippen LogP contribution in [0.15, 0.2) is 188 Å². The number of nitriles is 2. The first-order chi connectivity index (χ1) is 32.6. The Morgan fingerprint density at radius 2 is 1.00 bits per heavy atom. The molecule has 0 radical (unpaired) electrons. The van der Waals surface area contributed by atoms with E-state index in [9.17, 15) is 23.7 Å². The van der Waals surface area contributed by atoms with Crippen LogP contribution < -0.4 is 0 Å². The molecule has 0 saturated heterocycles. The normalized spacial score (nSPS) is 11.5. The molecule has 0 atom stereocenters. The quantitative estimate of drug-likeness (QED) is 0.156. The monoisotopic (exact) mass is 869 g/mol. The molecule has 0 unspecified atom stereocenters. The molecule has 0 aliphatic carbocycles. The summed E-state index contributed by atoms with van der Waals surface area (Å²) in [6.07, 6.45) is -4.54. The van der Waals surface area contributed by atoms with Gasteiger partial charge in [0.25, 0.3) is 0 Å². The number of halogens is 3. The molecule has 0 amide bonds. The van der Waals surface area contributed by atoms with Gasteiger partial charge in [-0.1, -0.05) is 115 Å². The third kappa shape index (κ3) is 6.78. The first-order valence-electron chi connectivity index (χ1n) is 21.5. The van der Waals surface area contributed by atoms with E-state index in [1.807, 2.05) is 121 Å². The molecule has 0 N–H and O–H groups in total. The predicted octanol–water partition coefficient (Wildman–Crippen LogP) is 16.2. The first-order valence-corrected chi connectivity index (χ1v) is 21.5. The summed E-state index contributed by atoms with van der Waals surface area (Å²) in [5.74, 6) is 0. The van der Waals surface area contributed by atoms with Crippen LogP contribution in [0.3, 0.4) is 0 Å². The number of benzene rings is 9. The molecule has 0 spiro atoms. The number of rotatable bonds is 6. The molecule has 0 fully saturated rings. The number of alkyl halides is 3. The number of para-hydroxylation sites is 3. The van der Waals surface area contributed by atoms with E-state index in [2.05, 4.69) is 62.5 Å². The van der Waals surface area contributed by atoms with Gasteiger partial charge >= 0.3 is 6.18 Å². The zero-order valence-corrected chi connectivity index (χ0v) is 35.8. The Bertz CT molecular complexity index is 3980. The zero-order chi connectivity index (χ0) is 46.0. The Morgan fingerprint density at radius 1 is 0.463 bits per heavy atom. The van der Waals surface area contributed by atoms with E-state index in [-0.39, 0.29) is 0 Å². The second kappa shape index (κ2) is 15.8. The zero-order valence-electron chi connectivity index (χ0n) is 35.8. The lowest BCUT2D eigenvalue weighted by molar-refractivity contribution is -0.137. The minimum Gasteiger partial charge on any atom is -0.309 e. The molecule has 11 aromatic rings. The van der Waals surface area contributed by atoms with Crippen molar-refractivity contribution < 1.29 is 13.2 Å². The largest absolute Gasteiger partial charge is 0.416 e. The maximum atomic E-state index is 14.4. The molecule has 8 heteroatoms. The van der Waals surface area contributed by atoms with Gasteiger partial charge in [0, 0.05) is 32.7 Å². The molecule has 2 aromatic heterocycles. The molecule has 0 saturated carbocycles. The van der Waals surface area contributed by atoms with Gasteiger partial charge in [-0.3, -0.25) is 0 Å². The minimum absolute atomic E-state index is 0.425. The van der Waals surface area contributed by atoms with Crippen molar-refractivity contribution >= 4 is 49.3 Å². The molecular weight excluding hydrogens is 836 g/mol. The van der Waals surface area contributed by atoms with E-state index in [0.29, 0.717) is 39.2 Å². The van der Waals surface area contributed by atoms with E-state index in [1.54, 1.807) is 25.1 Å². The second-order valence-electron chi connectivity index (χ2n) is 16.6. The fraction of sp³-hybridized carbons (Fsp3) is 0.0339. The van der Waals surface area contributed by atoms with Gasteiger partial charge in [-0.25, -0.2) is 4.85 Å². The van der Waals surface area contributed by atoms with Crippen LogP contribution in [0.4, 0.5) is 18.9 Å². The van der Waals surface area contributed by atoms with Crippen molar-refractivity contribution in [3.8, 4) is 68.0 Å². The molecule has 2 heterocycles. The van der Waals surface area contributed by atoms with E-state index in [0.717, 1.165) is 88.7 Å². The summed E-state index contributed by atoms with van der Waals surface area (Å²) in [6, 6.07) is 63.8. The highest BCUT2D eigenvalue weighted by Crippen LogP contribution is 2.45. The SMILES string of the molecule is [C-]#[N+]c1ccccc1-c1ccc2c(c1)c1ccccc1n2-c1cc(C#N)ccc1-c1ccc(-c2cc(C)cc(C(F)(F)F)c2)cc1-n1c2ccccc2c2cc(-c3ccccc3C#N)ccc21. The first kappa shape index (κ1) is 40.6. The van der Waals surface area contributed by atoms with E-state index in [4.69, 9.17) is 6.57 Å². The molecule has 5 nitrogen and oxygen atoms in total. The Labute approximate surface area is 383 Å². The average Bonchev–Trinajstić information content (AvgIpc) is 3.87. The van der Waals surface area contributed by atoms with Crippen LogP contribution in [0.5, 0.6) is 0 Å². The molecule has 316 valence electrons. The molecule has 0 aliphatic rings. The van der Waals surface area contributed by atoms with Crippen molar-refractivity contribution in [1.29, 1.82) is 10.5 Å². The highest BCUT2D eigenvalue weighted by molar-refractivity contribution is 6.13. The predicted molar refractivity (Wildman–Crippen MR) is 262 cm³/mol. The number of aromatic nitrogens is 2. The molecule has 0 bridgehead atoms. The lowest BCUT2D eigenvalue weighted by Gasteiger charge is -2.20. The summed E-state index contributed by atoms with van der Waals surface area (Å²) >= 11 is 0. The number of nitrogens with zero attached hydrogens (tertiary/aromatic N) is 5. The van der Waals surface area contributed by atoms with Crippen LogP contribution in [-0.4, -0.2) is 9.13 Å². The van der Waals surface area contributed by atoms with Crippen LogP contribution in [0.25, 0.3) is 104 Å². The molecule has 9 aromatic carbocycles. The Morgan fingerprint density at radius 3 is 1.63 bits per heavy atom. The lowest BCUT2D eigenvalue weighted by atomic mass is 9.94. The van der Waals surface area contributed by atoms with E-state index in [1.165, 1.54) is 6.07 Å². The standard InChI is InChI=1S/C59H34F3N5/c1-36-27-42(30-43(28-36)59(60,61)62)38-20-24-49(58(33-38)67-54-18-10-7-14-46(54)50-31-39(21-25-56(50)67)44-12-4-3-11-41(44)35-64)48-23-19-37(34-63)29-57(48)66-53-17-9-6-15-47(53)51-32-40(22-26-55(51)66)45-13-5-8-16-52(45)65-2/h3-33H,1H3. The summed E-state index contributed by atoms with van der Waals surface area (Å²) in [6.45, 7) is 9.52. The van der Waals surface area contributed by atoms with Gasteiger partial charge in [0.05, 0.1) is 68.8 Å². The molecular formula is C59H34F3N5. The second-order valence-corrected chi connectivity index (χ2v) is 16.6. The molecule has 11 rings (SSSR count). The number of fused-ring (bicyclic) bond motifs is 6. The van der Waals surface area contributed by atoms with Crippen molar-refractivity contribution in [2.45, 2.75) is 13.1 Å². The van der Waals surface area contributed by atoms with Gasteiger partial charge in [0.1, 0.15) is 0 Å². The van der Waals surface area contributed by atoms with Gasteiger partial charge in [0.2, 0.25) is 0 Å². The van der Waals surface area contributed by atoms with Crippen molar-refractivity contribution in [1.82, 2.24) is 9.13 Å². The average molecular weight is 870 g/mol. The van der Waals surface area contributed by atoms with Crippen LogP contribution in [0.1, 0.15) is 22.3 Å². The number of hydrogen-bond donors (Lipinski definition) is 0. The maximum Gasteiger partial charge on any atom is 0.416 e. The van der Waals surface area contributed by atoms with Crippen LogP contribution >= 0.6 is 0 Å². The van der Waals surface area contributed by atoms with E-state index >= 15 is 0 Å². The maximum absolute atomic E-state index is 14.4.